The lowest BCUT2D eigenvalue weighted by Gasteiger charge is -2.03. The largest absolute Gasteiger partial charge is 0.268 e. The molecule has 0 aliphatic heterocycles. The molecule has 2 heterocycles. The molecule has 0 atom stereocenters. The van der Waals surface area contributed by atoms with Gasteiger partial charge in [0.2, 0.25) is 0 Å². The molecule has 2 aromatic heterocycles. The van der Waals surface area contributed by atoms with Gasteiger partial charge in [0.1, 0.15) is 5.82 Å². The van der Waals surface area contributed by atoms with E-state index in [2.05, 4.69) is 10.1 Å². The van der Waals surface area contributed by atoms with Crippen molar-refractivity contribution in [2.45, 2.75) is 0 Å². The zero-order chi connectivity index (χ0) is 11.8. The van der Waals surface area contributed by atoms with Crippen LogP contribution in [-0.2, 0) is 0 Å². The second-order valence-electron chi connectivity index (χ2n) is 3.67. The number of aromatic nitrogens is 3. The first-order chi connectivity index (χ1) is 8.24. The Kier molecular flexibility index (Phi) is 2.04. The summed E-state index contributed by atoms with van der Waals surface area (Å²) >= 11 is 0. The predicted molar refractivity (Wildman–Crippen MR) is 61.2 cm³/mol. The first-order valence-electron chi connectivity index (χ1n) is 5.06. The van der Waals surface area contributed by atoms with E-state index in [1.807, 2.05) is 0 Å². The van der Waals surface area contributed by atoms with Gasteiger partial charge < -0.3 is 0 Å². The molecule has 17 heavy (non-hydrogen) atoms. The third kappa shape index (κ3) is 1.61. The van der Waals surface area contributed by atoms with Gasteiger partial charge in [-0.15, -0.1) is 0 Å². The lowest BCUT2D eigenvalue weighted by atomic mass is 10.1. The van der Waals surface area contributed by atoms with Crippen LogP contribution in [0.15, 0.2) is 47.5 Å². The van der Waals surface area contributed by atoms with Gasteiger partial charge in [0.25, 0.3) is 5.56 Å². The Hall–Kier alpha value is -2.43. The Morgan fingerprint density at radius 1 is 1.29 bits per heavy atom. The van der Waals surface area contributed by atoms with E-state index in [0.29, 0.717) is 16.8 Å². The van der Waals surface area contributed by atoms with E-state index in [1.165, 1.54) is 16.6 Å². The molecule has 0 saturated carbocycles. The maximum Gasteiger partial charge on any atom is 0.266 e. The fourth-order valence-electron chi connectivity index (χ4n) is 1.74. The molecule has 0 amide bonds. The number of hydrogen-bond donors (Lipinski definition) is 1. The molecule has 0 bridgehead atoms. The zero-order valence-corrected chi connectivity index (χ0v) is 8.72. The van der Waals surface area contributed by atoms with Gasteiger partial charge in [-0.2, -0.15) is 0 Å². The van der Waals surface area contributed by atoms with E-state index in [4.69, 9.17) is 0 Å². The Morgan fingerprint density at radius 2 is 2.12 bits per heavy atom. The highest BCUT2D eigenvalue weighted by Crippen LogP contribution is 2.21. The monoisotopic (exact) mass is 229 g/mol. The zero-order valence-electron chi connectivity index (χ0n) is 8.72. The number of benzene rings is 1. The number of rotatable bonds is 1. The van der Waals surface area contributed by atoms with Crippen molar-refractivity contribution in [3.8, 4) is 11.1 Å². The maximum atomic E-state index is 13.6. The number of halogens is 1. The van der Waals surface area contributed by atoms with Crippen LogP contribution >= 0.6 is 0 Å². The molecule has 0 saturated heterocycles. The highest BCUT2D eigenvalue weighted by Gasteiger charge is 2.06. The van der Waals surface area contributed by atoms with Crippen molar-refractivity contribution < 1.29 is 4.39 Å². The second-order valence-corrected chi connectivity index (χ2v) is 3.67. The third-order valence-electron chi connectivity index (χ3n) is 2.53. The molecular weight excluding hydrogens is 221 g/mol. The number of nitrogens with one attached hydrogen (secondary N) is 1. The first kappa shape index (κ1) is 9.77. The van der Waals surface area contributed by atoms with Crippen LogP contribution in [0.5, 0.6) is 0 Å². The van der Waals surface area contributed by atoms with Crippen molar-refractivity contribution in [2.24, 2.45) is 0 Å². The van der Waals surface area contributed by atoms with Gasteiger partial charge in [0.05, 0.1) is 0 Å². The Morgan fingerprint density at radius 3 is 2.94 bits per heavy atom. The molecule has 1 aromatic carbocycles. The quantitative estimate of drug-likeness (QED) is 0.692. The summed E-state index contributed by atoms with van der Waals surface area (Å²) in [4.78, 5) is 15.2. The molecule has 0 unspecified atom stereocenters. The number of fused-ring (bicyclic) bond motifs is 1. The van der Waals surface area contributed by atoms with Crippen LogP contribution in [0, 0.1) is 5.82 Å². The van der Waals surface area contributed by atoms with Crippen molar-refractivity contribution in [1.82, 2.24) is 14.6 Å². The van der Waals surface area contributed by atoms with Gasteiger partial charge in [-0.1, -0.05) is 18.2 Å². The number of aromatic amines is 1. The maximum absolute atomic E-state index is 13.6. The van der Waals surface area contributed by atoms with Gasteiger partial charge in [0, 0.05) is 29.6 Å². The van der Waals surface area contributed by atoms with Crippen molar-refractivity contribution >= 4 is 5.65 Å². The summed E-state index contributed by atoms with van der Waals surface area (Å²) in [5, 5.41) is 2.56. The van der Waals surface area contributed by atoms with E-state index >= 15 is 0 Å². The van der Waals surface area contributed by atoms with E-state index in [-0.39, 0.29) is 11.4 Å². The van der Waals surface area contributed by atoms with Crippen LogP contribution in [0.4, 0.5) is 4.39 Å². The van der Waals surface area contributed by atoms with Gasteiger partial charge in [-0.25, -0.2) is 13.9 Å². The summed E-state index contributed by atoms with van der Waals surface area (Å²) in [6, 6.07) is 7.81. The van der Waals surface area contributed by atoms with Crippen LogP contribution in [0.25, 0.3) is 16.8 Å². The summed E-state index contributed by atoms with van der Waals surface area (Å²) in [7, 11) is 0. The molecule has 0 aliphatic rings. The standard InChI is InChI=1S/C12H8FN3O/c13-10-4-2-1-3-9(10)8-6-14-11-5-12(17)15-16(11)7-8/h1-7H,(H,15,17). The summed E-state index contributed by atoms with van der Waals surface area (Å²) in [6.07, 6.45) is 3.18. The van der Waals surface area contributed by atoms with Gasteiger partial charge >= 0.3 is 0 Å². The predicted octanol–water partition coefficient (Wildman–Crippen LogP) is 1.83. The highest BCUT2D eigenvalue weighted by molar-refractivity contribution is 5.63. The van der Waals surface area contributed by atoms with Crippen molar-refractivity contribution in [1.29, 1.82) is 0 Å². The topological polar surface area (TPSA) is 50.2 Å². The van der Waals surface area contributed by atoms with Crippen LogP contribution in [0.2, 0.25) is 0 Å². The van der Waals surface area contributed by atoms with Gasteiger partial charge in [-0.05, 0) is 6.07 Å². The van der Waals surface area contributed by atoms with Crippen LogP contribution < -0.4 is 5.56 Å². The minimum atomic E-state index is -0.317. The Bertz CT molecular complexity index is 745. The van der Waals surface area contributed by atoms with Crippen LogP contribution in [0.3, 0.4) is 0 Å². The fraction of sp³-hybridized carbons (Fsp3) is 0. The SMILES string of the molecule is O=c1cc2ncc(-c3ccccc3F)cn2[nH]1. The summed E-state index contributed by atoms with van der Waals surface area (Å²) in [5.41, 5.74) is 1.34. The van der Waals surface area contributed by atoms with E-state index in [9.17, 15) is 9.18 Å². The molecule has 0 spiro atoms. The fourth-order valence-corrected chi connectivity index (χ4v) is 1.74. The molecule has 84 valence electrons. The Balaban J connectivity index is 2.24. The molecule has 1 N–H and O–H groups in total. The number of nitrogens with zero attached hydrogens (tertiary/aromatic N) is 2. The van der Waals surface area contributed by atoms with E-state index in [1.54, 1.807) is 30.6 Å². The number of H-pyrrole nitrogens is 1. The minimum Gasteiger partial charge on any atom is -0.268 e. The molecule has 4 nitrogen and oxygen atoms in total. The Labute approximate surface area is 95.3 Å². The smallest absolute Gasteiger partial charge is 0.266 e. The van der Waals surface area contributed by atoms with Crippen molar-refractivity contribution in [3.05, 3.63) is 58.9 Å². The lowest BCUT2D eigenvalue weighted by molar-refractivity contribution is 0.631. The average molecular weight is 229 g/mol. The number of hydrogen-bond acceptors (Lipinski definition) is 2. The molecular formula is C12H8FN3O. The molecule has 0 radical (unpaired) electrons. The third-order valence-corrected chi connectivity index (χ3v) is 2.53. The average Bonchev–Trinajstić information content (AvgIpc) is 2.68. The van der Waals surface area contributed by atoms with Crippen LogP contribution in [0.1, 0.15) is 0 Å². The normalized spacial score (nSPS) is 10.9. The van der Waals surface area contributed by atoms with Gasteiger partial charge in [0.15, 0.2) is 5.65 Å². The van der Waals surface area contributed by atoms with Crippen molar-refractivity contribution in [3.63, 3.8) is 0 Å². The van der Waals surface area contributed by atoms with Gasteiger partial charge in [-0.3, -0.25) is 9.89 Å². The first-order valence-corrected chi connectivity index (χ1v) is 5.06. The summed E-state index contributed by atoms with van der Waals surface area (Å²) < 4.78 is 15.0. The molecule has 3 rings (SSSR count). The molecule has 0 aliphatic carbocycles. The second kappa shape index (κ2) is 3.55. The lowest BCUT2D eigenvalue weighted by Crippen LogP contribution is -1.99. The molecule has 0 fully saturated rings. The van der Waals surface area contributed by atoms with E-state index < -0.39 is 0 Å². The molecule has 3 aromatic rings. The minimum absolute atomic E-state index is 0.233. The van der Waals surface area contributed by atoms with E-state index in [0.717, 1.165) is 0 Å². The van der Waals surface area contributed by atoms with Crippen molar-refractivity contribution in [2.75, 3.05) is 0 Å². The molecule has 5 heteroatoms. The highest BCUT2D eigenvalue weighted by atomic mass is 19.1. The summed E-state index contributed by atoms with van der Waals surface area (Å²) in [6.45, 7) is 0. The van der Waals surface area contributed by atoms with Crippen LogP contribution in [-0.4, -0.2) is 14.6 Å². The summed E-state index contributed by atoms with van der Waals surface area (Å²) in [5.74, 6) is -0.317.